The molecule has 0 heterocycles. The molecule has 0 saturated heterocycles. The van der Waals surface area contributed by atoms with Gasteiger partial charge in [0.05, 0.1) is 0 Å². The Kier molecular flexibility index (Phi) is 3.58. The molecule has 0 radical (unpaired) electrons. The van der Waals surface area contributed by atoms with Crippen molar-refractivity contribution in [3.63, 3.8) is 0 Å². The van der Waals surface area contributed by atoms with Crippen LogP contribution in [0.15, 0.2) is 24.3 Å². The predicted octanol–water partition coefficient (Wildman–Crippen LogP) is 1.79. The van der Waals surface area contributed by atoms with E-state index in [1.165, 1.54) is 0 Å². The third kappa shape index (κ3) is 3.37. The summed E-state index contributed by atoms with van der Waals surface area (Å²) in [7, 11) is 0. The summed E-state index contributed by atoms with van der Waals surface area (Å²) in [5.41, 5.74) is 0. The number of amides is 1. The van der Waals surface area contributed by atoms with Gasteiger partial charge >= 0.3 is 0 Å². The van der Waals surface area contributed by atoms with E-state index in [1.54, 1.807) is 6.92 Å². The Morgan fingerprint density at radius 1 is 1.42 bits per heavy atom. The maximum Gasteiger partial charge on any atom is 0.217 e. The summed E-state index contributed by atoms with van der Waals surface area (Å²) >= 11 is 0. The summed E-state index contributed by atoms with van der Waals surface area (Å²) in [5.74, 6) is 0.0502. The summed E-state index contributed by atoms with van der Waals surface area (Å²) < 4.78 is 0. The summed E-state index contributed by atoms with van der Waals surface area (Å²) in [5, 5.41) is 2.89. The first-order chi connectivity index (χ1) is 5.79. The fourth-order valence-corrected chi connectivity index (χ4v) is 1.29. The van der Waals surface area contributed by atoms with E-state index in [1.807, 2.05) is 0 Å². The van der Waals surface area contributed by atoms with Gasteiger partial charge in [-0.2, -0.15) is 0 Å². The van der Waals surface area contributed by atoms with Gasteiger partial charge < -0.3 is 5.32 Å². The molecule has 2 nitrogen and oxygen atoms in total. The van der Waals surface area contributed by atoms with Crippen molar-refractivity contribution in [3.05, 3.63) is 24.3 Å². The minimum absolute atomic E-state index is 0.0502. The van der Waals surface area contributed by atoms with Crippen LogP contribution in [-0.2, 0) is 4.79 Å². The van der Waals surface area contributed by atoms with E-state index in [0.717, 1.165) is 19.3 Å². The monoisotopic (exact) mass is 165 g/mol. The van der Waals surface area contributed by atoms with Crippen LogP contribution in [-0.4, -0.2) is 11.9 Å². The number of hydrogen-bond donors (Lipinski definition) is 1. The predicted molar refractivity (Wildman–Crippen MR) is 49.7 cm³/mol. The van der Waals surface area contributed by atoms with E-state index in [4.69, 9.17) is 0 Å². The van der Waals surface area contributed by atoms with Crippen molar-refractivity contribution < 1.29 is 4.79 Å². The van der Waals surface area contributed by atoms with Crippen LogP contribution >= 0.6 is 0 Å². The van der Waals surface area contributed by atoms with Crippen molar-refractivity contribution in [1.82, 2.24) is 5.32 Å². The molecule has 0 spiro atoms. The van der Waals surface area contributed by atoms with Gasteiger partial charge in [0.1, 0.15) is 0 Å². The van der Waals surface area contributed by atoms with Crippen molar-refractivity contribution in [2.45, 2.75) is 32.2 Å². The SMILES string of the molecule is CC(=O)NC1/C=C\C/C=C\CC1. The van der Waals surface area contributed by atoms with Crippen molar-refractivity contribution in [1.29, 1.82) is 0 Å². The van der Waals surface area contributed by atoms with Crippen LogP contribution in [0, 0.1) is 0 Å². The van der Waals surface area contributed by atoms with Gasteiger partial charge in [-0.15, -0.1) is 0 Å². The smallest absolute Gasteiger partial charge is 0.217 e. The van der Waals surface area contributed by atoms with Gasteiger partial charge in [0.25, 0.3) is 0 Å². The molecule has 1 aliphatic carbocycles. The molecule has 1 atom stereocenters. The van der Waals surface area contributed by atoms with E-state index in [0.29, 0.717) is 0 Å². The number of hydrogen-bond acceptors (Lipinski definition) is 1. The summed E-state index contributed by atoms with van der Waals surface area (Å²) in [4.78, 5) is 10.7. The molecular weight excluding hydrogens is 150 g/mol. The van der Waals surface area contributed by atoms with Gasteiger partial charge in [-0.1, -0.05) is 24.3 Å². The minimum Gasteiger partial charge on any atom is -0.350 e. The number of carbonyl (C=O) groups is 1. The molecule has 0 aromatic carbocycles. The molecule has 0 saturated carbocycles. The van der Waals surface area contributed by atoms with E-state index < -0.39 is 0 Å². The van der Waals surface area contributed by atoms with Crippen LogP contribution in [0.2, 0.25) is 0 Å². The number of carbonyl (C=O) groups excluding carboxylic acids is 1. The maximum atomic E-state index is 10.7. The average Bonchev–Trinajstić information content (AvgIpc) is 1.93. The Morgan fingerprint density at radius 3 is 3.00 bits per heavy atom. The third-order valence-electron chi connectivity index (χ3n) is 1.84. The fraction of sp³-hybridized carbons (Fsp3) is 0.500. The van der Waals surface area contributed by atoms with Gasteiger partial charge in [-0.05, 0) is 19.3 Å². The molecule has 12 heavy (non-hydrogen) atoms. The quantitative estimate of drug-likeness (QED) is 0.590. The highest BCUT2D eigenvalue weighted by Gasteiger charge is 2.04. The molecule has 0 bridgehead atoms. The Hall–Kier alpha value is -1.05. The molecule has 1 N–H and O–H groups in total. The summed E-state index contributed by atoms with van der Waals surface area (Å²) in [6.45, 7) is 1.56. The molecule has 0 fully saturated rings. The second-order valence-corrected chi connectivity index (χ2v) is 3.02. The highest BCUT2D eigenvalue weighted by molar-refractivity contribution is 5.73. The van der Waals surface area contributed by atoms with Gasteiger partial charge in [0.2, 0.25) is 5.91 Å². The lowest BCUT2D eigenvalue weighted by Crippen LogP contribution is -2.31. The Balaban J connectivity index is 2.42. The molecule has 1 aliphatic rings. The largest absolute Gasteiger partial charge is 0.350 e. The topological polar surface area (TPSA) is 29.1 Å². The first-order valence-electron chi connectivity index (χ1n) is 4.38. The van der Waals surface area contributed by atoms with Crippen LogP contribution < -0.4 is 5.32 Å². The summed E-state index contributed by atoms with van der Waals surface area (Å²) in [6, 6.07) is 0.229. The van der Waals surface area contributed by atoms with Crippen LogP contribution in [0.1, 0.15) is 26.2 Å². The van der Waals surface area contributed by atoms with E-state index in [9.17, 15) is 4.79 Å². The molecule has 1 rings (SSSR count). The third-order valence-corrected chi connectivity index (χ3v) is 1.84. The zero-order valence-electron chi connectivity index (χ0n) is 7.42. The highest BCUT2D eigenvalue weighted by atomic mass is 16.1. The van der Waals surface area contributed by atoms with Crippen LogP contribution in [0.5, 0.6) is 0 Å². The molecule has 0 aromatic rings. The fourth-order valence-electron chi connectivity index (χ4n) is 1.29. The molecule has 0 aromatic heterocycles. The Labute approximate surface area is 73.4 Å². The van der Waals surface area contributed by atoms with Crippen LogP contribution in [0.25, 0.3) is 0 Å². The van der Waals surface area contributed by atoms with Crippen molar-refractivity contribution in [2.75, 3.05) is 0 Å². The van der Waals surface area contributed by atoms with Crippen molar-refractivity contribution in [2.24, 2.45) is 0 Å². The lowest BCUT2D eigenvalue weighted by atomic mass is 10.1. The highest BCUT2D eigenvalue weighted by Crippen LogP contribution is 2.05. The Bertz CT molecular complexity index is 206. The van der Waals surface area contributed by atoms with Crippen molar-refractivity contribution >= 4 is 5.91 Å². The first kappa shape index (κ1) is 9.04. The van der Waals surface area contributed by atoms with Crippen LogP contribution in [0.4, 0.5) is 0 Å². The lowest BCUT2D eigenvalue weighted by molar-refractivity contribution is -0.119. The lowest BCUT2D eigenvalue weighted by Gasteiger charge is -2.13. The second-order valence-electron chi connectivity index (χ2n) is 3.02. The molecular formula is C10H15NO. The first-order valence-corrected chi connectivity index (χ1v) is 4.38. The van der Waals surface area contributed by atoms with E-state index in [-0.39, 0.29) is 11.9 Å². The zero-order chi connectivity index (χ0) is 8.81. The average molecular weight is 165 g/mol. The minimum atomic E-state index is 0.0502. The van der Waals surface area contributed by atoms with Gasteiger partial charge in [-0.25, -0.2) is 0 Å². The molecule has 66 valence electrons. The van der Waals surface area contributed by atoms with Crippen molar-refractivity contribution in [3.8, 4) is 0 Å². The Morgan fingerprint density at radius 2 is 2.25 bits per heavy atom. The standard InChI is InChI=1S/C10H15NO/c1-9(12)11-10-7-5-3-2-4-6-8-10/h2-3,6,8,10H,4-5,7H2,1H3,(H,11,12)/b3-2-,8-6-. The molecule has 2 heteroatoms. The van der Waals surface area contributed by atoms with Crippen LogP contribution in [0.3, 0.4) is 0 Å². The number of rotatable bonds is 1. The van der Waals surface area contributed by atoms with Gasteiger partial charge in [-0.3, -0.25) is 4.79 Å². The number of nitrogens with one attached hydrogen (secondary N) is 1. The molecule has 1 unspecified atom stereocenters. The van der Waals surface area contributed by atoms with Gasteiger partial charge in [0, 0.05) is 13.0 Å². The normalized spacial score (nSPS) is 28.2. The molecule has 1 amide bonds. The zero-order valence-corrected chi connectivity index (χ0v) is 7.42. The van der Waals surface area contributed by atoms with E-state index >= 15 is 0 Å². The van der Waals surface area contributed by atoms with E-state index in [2.05, 4.69) is 29.6 Å². The second kappa shape index (κ2) is 4.75. The summed E-state index contributed by atoms with van der Waals surface area (Å²) in [6.07, 6.45) is 11.5. The van der Waals surface area contributed by atoms with Gasteiger partial charge in [0.15, 0.2) is 0 Å². The molecule has 0 aliphatic heterocycles. The maximum absolute atomic E-state index is 10.7. The number of allylic oxidation sites excluding steroid dienone is 3.